The SMILES string of the molecule is CCOC(CCCCCCCCCCCCCCCCC(F)(F)F)(OCC)OCC. The van der Waals surface area contributed by atoms with Crippen LogP contribution in [0, 0.1) is 0 Å². The monoisotopic (exact) mass is 440 g/mol. The molecule has 0 saturated carbocycles. The largest absolute Gasteiger partial charge is 0.389 e. The second kappa shape index (κ2) is 19.4. The Morgan fingerprint density at radius 2 is 0.700 bits per heavy atom. The van der Waals surface area contributed by atoms with Gasteiger partial charge in [0, 0.05) is 32.7 Å². The fraction of sp³-hybridized carbons (Fsp3) is 1.00. The molecule has 3 nitrogen and oxygen atoms in total. The molecule has 0 aromatic heterocycles. The first-order valence-electron chi connectivity index (χ1n) is 12.4. The molecule has 6 heteroatoms. The van der Waals surface area contributed by atoms with Crippen LogP contribution in [-0.2, 0) is 14.2 Å². The Hall–Kier alpha value is -0.330. The second-order valence-electron chi connectivity index (χ2n) is 8.05. The van der Waals surface area contributed by atoms with Gasteiger partial charge in [-0.1, -0.05) is 77.0 Å². The Balaban J connectivity index is 3.47. The van der Waals surface area contributed by atoms with Gasteiger partial charge in [-0.25, -0.2) is 0 Å². The van der Waals surface area contributed by atoms with Crippen LogP contribution >= 0.6 is 0 Å². The van der Waals surface area contributed by atoms with E-state index < -0.39 is 18.6 Å². The normalized spacial score (nSPS) is 12.6. The molecular weight excluding hydrogens is 393 g/mol. The Kier molecular flexibility index (Phi) is 19.1. The number of halogens is 3. The zero-order valence-corrected chi connectivity index (χ0v) is 19.8. The van der Waals surface area contributed by atoms with Gasteiger partial charge in [0.25, 0.3) is 5.97 Å². The van der Waals surface area contributed by atoms with Gasteiger partial charge in [0.15, 0.2) is 0 Å². The number of unbranched alkanes of at least 4 members (excludes halogenated alkanes) is 13. The van der Waals surface area contributed by atoms with E-state index >= 15 is 0 Å². The Morgan fingerprint density at radius 3 is 0.967 bits per heavy atom. The average Bonchev–Trinajstić information content (AvgIpc) is 2.67. The third kappa shape index (κ3) is 18.4. The minimum atomic E-state index is -3.99. The first-order valence-corrected chi connectivity index (χ1v) is 12.4. The molecule has 0 aliphatic carbocycles. The lowest BCUT2D eigenvalue weighted by molar-refractivity contribution is -0.380. The Bertz CT molecular complexity index is 345. The number of ether oxygens (including phenoxy) is 3. The van der Waals surface area contributed by atoms with Gasteiger partial charge in [0.1, 0.15) is 0 Å². The van der Waals surface area contributed by atoms with Gasteiger partial charge in [-0.3, -0.25) is 0 Å². The Labute approximate surface area is 183 Å². The lowest BCUT2D eigenvalue weighted by atomic mass is 10.0. The van der Waals surface area contributed by atoms with E-state index in [1.54, 1.807) is 0 Å². The van der Waals surface area contributed by atoms with Gasteiger partial charge in [-0.05, 0) is 33.6 Å². The highest BCUT2D eigenvalue weighted by Gasteiger charge is 2.31. The molecule has 0 amide bonds. The van der Waals surface area contributed by atoms with E-state index in [1.165, 1.54) is 51.4 Å². The highest BCUT2D eigenvalue weighted by molar-refractivity contribution is 4.59. The van der Waals surface area contributed by atoms with E-state index in [9.17, 15) is 13.2 Å². The maximum atomic E-state index is 12.0. The van der Waals surface area contributed by atoms with Crippen LogP contribution in [0.1, 0.15) is 124 Å². The molecule has 0 saturated heterocycles. The molecule has 182 valence electrons. The quantitative estimate of drug-likeness (QED) is 0.125. The van der Waals surface area contributed by atoms with Gasteiger partial charge in [0.2, 0.25) is 0 Å². The maximum Gasteiger partial charge on any atom is 0.389 e. The molecule has 0 aliphatic rings. The topological polar surface area (TPSA) is 27.7 Å². The van der Waals surface area contributed by atoms with E-state index in [0.29, 0.717) is 26.2 Å². The number of hydrogen-bond donors (Lipinski definition) is 0. The summed E-state index contributed by atoms with van der Waals surface area (Å²) in [5.74, 6) is -0.865. The fourth-order valence-corrected chi connectivity index (χ4v) is 3.79. The summed E-state index contributed by atoms with van der Waals surface area (Å²) in [5, 5.41) is 0. The van der Waals surface area contributed by atoms with Gasteiger partial charge < -0.3 is 14.2 Å². The lowest BCUT2D eigenvalue weighted by Gasteiger charge is -2.32. The van der Waals surface area contributed by atoms with Crippen LogP contribution in [-0.4, -0.2) is 32.0 Å². The molecule has 0 fully saturated rings. The van der Waals surface area contributed by atoms with Crippen molar-refractivity contribution in [3.05, 3.63) is 0 Å². The molecular formula is C24H47F3O3. The summed E-state index contributed by atoms with van der Waals surface area (Å²) in [6.07, 6.45) is 11.4. The van der Waals surface area contributed by atoms with Crippen molar-refractivity contribution >= 4 is 0 Å². The van der Waals surface area contributed by atoms with Crippen molar-refractivity contribution in [2.24, 2.45) is 0 Å². The van der Waals surface area contributed by atoms with Crippen LogP contribution in [0.25, 0.3) is 0 Å². The zero-order valence-electron chi connectivity index (χ0n) is 19.8. The van der Waals surface area contributed by atoms with Crippen molar-refractivity contribution < 1.29 is 27.4 Å². The molecule has 0 aliphatic heterocycles. The maximum absolute atomic E-state index is 12.0. The van der Waals surface area contributed by atoms with E-state index in [0.717, 1.165) is 32.1 Å². The van der Waals surface area contributed by atoms with Gasteiger partial charge in [-0.2, -0.15) is 13.2 Å². The molecule has 30 heavy (non-hydrogen) atoms. The van der Waals surface area contributed by atoms with E-state index in [1.807, 2.05) is 20.8 Å². The van der Waals surface area contributed by atoms with Crippen LogP contribution in [0.5, 0.6) is 0 Å². The predicted molar refractivity (Wildman–Crippen MR) is 118 cm³/mol. The fourth-order valence-electron chi connectivity index (χ4n) is 3.79. The minimum Gasteiger partial charge on any atom is -0.328 e. The zero-order chi connectivity index (χ0) is 22.6. The number of hydrogen-bond acceptors (Lipinski definition) is 3. The average molecular weight is 441 g/mol. The second-order valence-corrected chi connectivity index (χ2v) is 8.05. The molecule has 0 spiro atoms. The summed E-state index contributed by atoms with van der Waals surface area (Å²) >= 11 is 0. The molecule has 0 aromatic rings. The summed E-state index contributed by atoms with van der Waals surface area (Å²) in [4.78, 5) is 0. The molecule has 0 bridgehead atoms. The van der Waals surface area contributed by atoms with Crippen LogP contribution in [0.4, 0.5) is 13.2 Å². The standard InChI is InChI=1S/C24H47F3O3/c1-4-28-24(29-5-2,30-6-3)22-20-18-16-14-12-10-8-7-9-11-13-15-17-19-21-23(25,26)27/h4-22H2,1-3H3. The van der Waals surface area contributed by atoms with Gasteiger partial charge >= 0.3 is 6.18 Å². The predicted octanol–water partition coefficient (Wildman–Crippen LogP) is 8.55. The molecule has 0 unspecified atom stereocenters. The summed E-state index contributed by atoms with van der Waals surface area (Å²) < 4.78 is 53.4. The molecule has 0 atom stereocenters. The first-order chi connectivity index (χ1) is 14.4. The molecule has 0 rings (SSSR count). The van der Waals surface area contributed by atoms with Crippen molar-refractivity contribution in [3.8, 4) is 0 Å². The van der Waals surface area contributed by atoms with Crippen LogP contribution in [0.2, 0.25) is 0 Å². The highest BCUT2D eigenvalue weighted by atomic mass is 19.4. The van der Waals surface area contributed by atoms with Crippen molar-refractivity contribution in [1.82, 2.24) is 0 Å². The van der Waals surface area contributed by atoms with Crippen molar-refractivity contribution in [1.29, 1.82) is 0 Å². The van der Waals surface area contributed by atoms with Crippen molar-refractivity contribution in [2.75, 3.05) is 19.8 Å². The summed E-state index contributed by atoms with van der Waals surface area (Å²) in [6, 6.07) is 0. The summed E-state index contributed by atoms with van der Waals surface area (Å²) in [5.41, 5.74) is 0. The lowest BCUT2D eigenvalue weighted by Crippen LogP contribution is -2.39. The van der Waals surface area contributed by atoms with Crippen molar-refractivity contribution in [3.63, 3.8) is 0 Å². The first kappa shape index (κ1) is 29.7. The molecule has 0 N–H and O–H groups in total. The van der Waals surface area contributed by atoms with E-state index in [4.69, 9.17) is 14.2 Å². The number of alkyl halides is 3. The molecule has 0 aromatic carbocycles. The highest BCUT2D eigenvalue weighted by Crippen LogP contribution is 2.25. The van der Waals surface area contributed by atoms with Crippen LogP contribution in [0.15, 0.2) is 0 Å². The molecule has 0 radical (unpaired) electrons. The van der Waals surface area contributed by atoms with Crippen molar-refractivity contribution in [2.45, 2.75) is 136 Å². The van der Waals surface area contributed by atoms with E-state index in [2.05, 4.69) is 0 Å². The van der Waals surface area contributed by atoms with Crippen LogP contribution in [0.3, 0.4) is 0 Å². The molecule has 0 heterocycles. The third-order valence-electron chi connectivity index (χ3n) is 5.29. The Morgan fingerprint density at radius 1 is 0.433 bits per heavy atom. The van der Waals surface area contributed by atoms with Gasteiger partial charge in [0.05, 0.1) is 0 Å². The minimum absolute atomic E-state index is 0.285. The smallest absolute Gasteiger partial charge is 0.328 e. The third-order valence-corrected chi connectivity index (χ3v) is 5.29. The summed E-state index contributed by atoms with van der Waals surface area (Å²) in [7, 11) is 0. The van der Waals surface area contributed by atoms with Crippen LogP contribution < -0.4 is 0 Å². The number of rotatable bonds is 22. The van der Waals surface area contributed by atoms with E-state index in [-0.39, 0.29) is 6.42 Å². The summed E-state index contributed by atoms with van der Waals surface area (Å²) in [6.45, 7) is 7.64. The van der Waals surface area contributed by atoms with Gasteiger partial charge in [-0.15, -0.1) is 0 Å².